The van der Waals surface area contributed by atoms with E-state index in [1.54, 1.807) is 13.0 Å². The first-order valence-electron chi connectivity index (χ1n) is 6.97. The van der Waals surface area contributed by atoms with Gasteiger partial charge in [0.1, 0.15) is 11.6 Å². The third kappa shape index (κ3) is 4.78. The summed E-state index contributed by atoms with van der Waals surface area (Å²) in [5, 5.41) is 12.4. The second-order valence-corrected chi connectivity index (χ2v) is 4.53. The first-order valence-corrected chi connectivity index (χ1v) is 6.97. The van der Waals surface area contributed by atoms with E-state index in [0.29, 0.717) is 6.61 Å². The van der Waals surface area contributed by atoms with Crippen LogP contribution in [0.3, 0.4) is 0 Å². The molecular formula is C15H22N2O2. The zero-order valence-corrected chi connectivity index (χ0v) is 11.8. The number of hydrogen-bond donors (Lipinski definition) is 1. The van der Waals surface area contributed by atoms with Crippen LogP contribution in [0.1, 0.15) is 46.0 Å². The summed E-state index contributed by atoms with van der Waals surface area (Å²) >= 11 is 0. The Morgan fingerprint density at radius 3 is 2.89 bits per heavy atom. The number of nitrogens with one attached hydrogen (secondary N) is 1. The van der Waals surface area contributed by atoms with Crippen LogP contribution in [0.4, 0.5) is 0 Å². The van der Waals surface area contributed by atoms with E-state index in [0.717, 1.165) is 44.2 Å². The second-order valence-electron chi connectivity index (χ2n) is 4.53. The van der Waals surface area contributed by atoms with Crippen LogP contribution in [0.15, 0.2) is 22.9 Å². The Kier molecular flexibility index (Phi) is 6.73. The van der Waals surface area contributed by atoms with Gasteiger partial charge in [-0.3, -0.25) is 0 Å². The van der Waals surface area contributed by atoms with E-state index in [4.69, 9.17) is 10.00 Å². The van der Waals surface area contributed by atoms with Crippen molar-refractivity contribution in [1.82, 2.24) is 5.32 Å². The van der Waals surface area contributed by atoms with Gasteiger partial charge in [-0.1, -0.05) is 13.3 Å². The van der Waals surface area contributed by atoms with Gasteiger partial charge < -0.3 is 10.1 Å². The Labute approximate surface area is 115 Å². The van der Waals surface area contributed by atoms with Gasteiger partial charge in [0.05, 0.1) is 6.61 Å². The number of carbonyl (C=O) groups excluding carboxylic acids is 1. The fourth-order valence-corrected chi connectivity index (χ4v) is 2.06. The second kappa shape index (κ2) is 8.36. The number of nitrogens with zero attached hydrogens (tertiary/aromatic N) is 1. The van der Waals surface area contributed by atoms with Crippen molar-refractivity contribution in [3.05, 3.63) is 22.9 Å². The summed E-state index contributed by atoms with van der Waals surface area (Å²) in [5.74, 6) is -0.530. The zero-order chi connectivity index (χ0) is 14.1. The molecule has 0 fully saturated rings. The minimum atomic E-state index is -0.530. The van der Waals surface area contributed by atoms with Gasteiger partial charge in [-0.2, -0.15) is 5.26 Å². The maximum atomic E-state index is 11.6. The Morgan fingerprint density at radius 1 is 1.47 bits per heavy atom. The van der Waals surface area contributed by atoms with Crippen molar-refractivity contribution >= 4 is 5.97 Å². The van der Waals surface area contributed by atoms with Crippen molar-refractivity contribution in [2.24, 2.45) is 0 Å². The highest BCUT2D eigenvalue weighted by atomic mass is 16.5. The molecule has 19 heavy (non-hydrogen) atoms. The fourth-order valence-electron chi connectivity index (χ4n) is 2.06. The van der Waals surface area contributed by atoms with Gasteiger partial charge in [-0.05, 0) is 44.3 Å². The lowest BCUT2D eigenvalue weighted by Crippen LogP contribution is -2.14. The average Bonchev–Trinajstić information content (AvgIpc) is 2.84. The number of unbranched alkanes of at least 4 members (excludes halogenated alkanes) is 1. The van der Waals surface area contributed by atoms with Crippen LogP contribution in [0, 0.1) is 11.3 Å². The minimum Gasteiger partial charge on any atom is -0.462 e. The molecule has 0 saturated carbocycles. The molecule has 0 spiro atoms. The molecule has 0 saturated heterocycles. The number of ether oxygens (including phenoxy) is 1. The molecule has 1 N–H and O–H groups in total. The van der Waals surface area contributed by atoms with Crippen molar-refractivity contribution < 1.29 is 9.53 Å². The van der Waals surface area contributed by atoms with E-state index < -0.39 is 5.97 Å². The number of hydrogen-bond acceptors (Lipinski definition) is 4. The van der Waals surface area contributed by atoms with Crippen molar-refractivity contribution in [2.45, 2.75) is 46.0 Å². The van der Waals surface area contributed by atoms with Crippen molar-refractivity contribution in [1.29, 1.82) is 5.26 Å². The molecule has 104 valence electrons. The van der Waals surface area contributed by atoms with Gasteiger partial charge in [-0.15, -0.1) is 0 Å². The lowest BCUT2D eigenvalue weighted by atomic mass is 10.1. The smallest absolute Gasteiger partial charge is 0.348 e. The lowest BCUT2D eigenvalue weighted by Gasteiger charge is -2.08. The van der Waals surface area contributed by atoms with Crippen LogP contribution >= 0.6 is 0 Å². The summed E-state index contributed by atoms with van der Waals surface area (Å²) in [5.41, 5.74) is 2.33. The molecule has 0 radical (unpaired) electrons. The molecule has 0 aromatic heterocycles. The monoisotopic (exact) mass is 262 g/mol. The maximum Gasteiger partial charge on any atom is 0.348 e. The van der Waals surface area contributed by atoms with Crippen LogP contribution in [-0.4, -0.2) is 19.1 Å². The molecule has 1 aliphatic rings. The van der Waals surface area contributed by atoms with Crippen molar-refractivity contribution in [3.8, 4) is 6.07 Å². The van der Waals surface area contributed by atoms with Crippen molar-refractivity contribution in [3.63, 3.8) is 0 Å². The van der Waals surface area contributed by atoms with E-state index in [9.17, 15) is 4.79 Å². The molecule has 0 heterocycles. The van der Waals surface area contributed by atoms with E-state index in [2.05, 4.69) is 12.2 Å². The number of allylic oxidation sites excluding steroid dienone is 3. The lowest BCUT2D eigenvalue weighted by molar-refractivity contribution is -0.138. The molecule has 0 aromatic rings. The number of rotatable bonds is 7. The zero-order valence-electron chi connectivity index (χ0n) is 11.8. The van der Waals surface area contributed by atoms with E-state index in [1.165, 1.54) is 5.70 Å². The molecule has 0 aromatic carbocycles. The molecule has 0 atom stereocenters. The van der Waals surface area contributed by atoms with Crippen LogP contribution in [0.5, 0.6) is 0 Å². The standard InChI is InChI=1S/C15H22N2O2/c1-3-5-9-17-14-8-6-7-12(14)10-13(11-16)15(18)19-4-2/h10,17H,3-9H2,1-2H3/b13-10+. The molecule has 0 unspecified atom stereocenters. The van der Waals surface area contributed by atoms with E-state index >= 15 is 0 Å². The van der Waals surface area contributed by atoms with Crippen LogP contribution < -0.4 is 5.32 Å². The normalized spacial score (nSPS) is 15.3. The molecule has 0 bridgehead atoms. The Morgan fingerprint density at radius 2 is 2.26 bits per heavy atom. The molecule has 4 nitrogen and oxygen atoms in total. The summed E-state index contributed by atoms with van der Waals surface area (Å²) in [4.78, 5) is 11.6. The average molecular weight is 262 g/mol. The summed E-state index contributed by atoms with van der Waals surface area (Å²) in [6.45, 7) is 5.13. The summed E-state index contributed by atoms with van der Waals surface area (Å²) in [6.07, 6.45) is 6.94. The molecule has 4 heteroatoms. The predicted octanol–water partition coefficient (Wildman–Crippen LogP) is 2.83. The summed E-state index contributed by atoms with van der Waals surface area (Å²) < 4.78 is 4.87. The minimum absolute atomic E-state index is 0.0912. The number of carbonyl (C=O) groups is 1. The Hall–Kier alpha value is -1.76. The van der Waals surface area contributed by atoms with Gasteiger partial charge in [0, 0.05) is 12.2 Å². The predicted molar refractivity (Wildman–Crippen MR) is 74.1 cm³/mol. The third-order valence-electron chi connectivity index (χ3n) is 3.06. The van der Waals surface area contributed by atoms with E-state index in [1.807, 2.05) is 6.07 Å². The first-order chi connectivity index (χ1) is 9.22. The summed E-state index contributed by atoms with van der Waals surface area (Å²) in [6, 6.07) is 1.93. The van der Waals surface area contributed by atoms with Gasteiger partial charge in [0.15, 0.2) is 0 Å². The SMILES string of the molecule is CCCCNC1=C(/C=C(\C#N)C(=O)OCC)CCC1. The highest BCUT2D eigenvalue weighted by Gasteiger charge is 2.16. The molecule has 0 amide bonds. The maximum absolute atomic E-state index is 11.6. The van der Waals surface area contributed by atoms with Gasteiger partial charge in [-0.25, -0.2) is 4.79 Å². The van der Waals surface area contributed by atoms with Crippen molar-refractivity contribution in [2.75, 3.05) is 13.2 Å². The van der Waals surface area contributed by atoms with Crippen LogP contribution in [0.25, 0.3) is 0 Å². The van der Waals surface area contributed by atoms with E-state index in [-0.39, 0.29) is 5.57 Å². The topological polar surface area (TPSA) is 62.1 Å². The van der Waals surface area contributed by atoms with Gasteiger partial charge >= 0.3 is 5.97 Å². The first kappa shape index (κ1) is 15.3. The molecule has 1 rings (SSSR count). The molecule has 0 aliphatic heterocycles. The largest absolute Gasteiger partial charge is 0.462 e. The van der Waals surface area contributed by atoms with Gasteiger partial charge in [0.2, 0.25) is 0 Å². The number of nitriles is 1. The Bertz CT molecular complexity index is 416. The fraction of sp³-hybridized carbons (Fsp3) is 0.600. The Balaban J connectivity index is 2.77. The summed E-state index contributed by atoms with van der Waals surface area (Å²) in [7, 11) is 0. The highest BCUT2D eigenvalue weighted by Crippen LogP contribution is 2.26. The quantitative estimate of drug-likeness (QED) is 0.332. The molecular weight excluding hydrogens is 240 g/mol. The van der Waals surface area contributed by atoms with Crippen LogP contribution in [0.2, 0.25) is 0 Å². The number of esters is 1. The van der Waals surface area contributed by atoms with Crippen LogP contribution in [-0.2, 0) is 9.53 Å². The molecule has 1 aliphatic carbocycles. The highest BCUT2D eigenvalue weighted by molar-refractivity contribution is 5.93. The third-order valence-corrected chi connectivity index (χ3v) is 3.06. The van der Waals surface area contributed by atoms with Gasteiger partial charge in [0.25, 0.3) is 0 Å².